The Morgan fingerprint density at radius 2 is 1.69 bits per heavy atom. The van der Waals surface area contributed by atoms with Crippen LogP contribution in [-0.4, -0.2) is 45.0 Å². The van der Waals surface area contributed by atoms with E-state index in [1.54, 1.807) is 14.2 Å². The van der Waals surface area contributed by atoms with Crippen molar-refractivity contribution in [2.24, 2.45) is 0 Å². The summed E-state index contributed by atoms with van der Waals surface area (Å²) in [4.78, 5) is 2.32. The fraction of sp³-hybridized carbons (Fsp3) is 1.00. The third kappa shape index (κ3) is 6.02. The lowest BCUT2D eigenvalue weighted by molar-refractivity contribution is -0.107. The molecule has 0 saturated carbocycles. The highest BCUT2D eigenvalue weighted by molar-refractivity contribution is 4.57. The van der Waals surface area contributed by atoms with Gasteiger partial charge in [-0.25, -0.2) is 0 Å². The number of rotatable bonds is 7. The first kappa shape index (κ1) is 12.9. The second kappa shape index (κ2) is 7.30. The molecule has 0 N–H and O–H groups in total. The van der Waals surface area contributed by atoms with E-state index in [2.05, 4.69) is 25.8 Å². The fourth-order valence-electron chi connectivity index (χ4n) is 1.10. The van der Waals surface area contributed by atoms with Gasteiger partial charge in [0.1, 0.15) is 0 Å². The summed E-state index contributed by atoms with van der Waals surface area (Å²) in [6, 6.07) is 0.614. The molecule has 0 radical (unpaired) electrons. The SMILES string of the molecule is COC(CCCN(C)C(C)C)OC. The van der Waals surface area contributed by atoms with Crippen molar-refractivity contribution in [3.63, 3.8) is 0 Å². The molecule has 0 spiro atoms. The largest absolute Gasteiger partial charge is 0.356 e. The maximum Gasteiger partial charge on any atom is 0.156 e. The number of ether oxygens (including phenoxy) is 2. The summed E-state index contributed by atoms with van der Waals surface area (Å²) in [5.74, 6) is 0. The van der Waals surface area contributed by atoms with Gasteiger partial charge < -0.3 is 14.4 Å². The van der Waals surface area contributed by atoms with E-state index in [1.165, 1.54) is 0 Å². The monoisotopic (exact) mass is 189 g/mol. The van der Waals surface area contributed by atoms with Crippen LogP contribution in [0.4, 0.5) is 0 Å². The van der Waals surface area contributed by atoms with Crippen LogP contribution in [0.15, 0.2) is 0 Å². The van der Waals surface area contributed by atoms with Crippen LogP contribution in [0.5, 0.6) is 0 Å². The predicted octanol–water partition coefficient (Wildman–Crippen LogP) is 1.73. The standard InChI is InChI=1S/C10H23NO2/c1-9(2)11(3)8-6-7-10(12-4)13-5/h9-10H,6-8H2,1-5H3. The van der Waals surface area contributed by atoms with Crippen molar-refractivity contribution in [2.75, 3.05) is 27.8 Å². The lowest BCUT2D eigenvalue weighted by Gasteiger charge is -2.21. The van der Waals surface area contributed by atoms with Gasteiger partial charge in [0.15, 0.2) is 6.29 Å². The Bertz CT molecular complexity index is 111. The van der Waals surface area contributed by atoms with Gasteiger partial charge in [-0.05, 0) is 40.3 Å². The molecular formula is C10H23NO2. The zero-order chi connectivity index (χ0) is 10.3. The van der Waals surface area contributed by atoms with Crippen LogP contribution in [0.1, 0.15) is 26.7 Å². The van der Waals surface area contributed by atoms with Gasteiger partial charge in [-0.3, -0.25) is 0 Å². The van der Waals surface area contributed by atoms with Gasteiger partial charge in [-0.2, -0.15) is 0 Å². The van der Waals surface area contributed by atoms with Crippen LogP contribution >= 0.6 is 0 Å². The molecule has 0 heterocycles. The molecule has 3 nitrogen and oxygen atoms in total. The van der Waals surface area contributed by atoms with Crippen molar-refractivity contribution in [1.29, 1.82) is 0 Å². The molecule has 0 aliphatic rings. The molecule has 0 aromatic heterocycles. The summed E-state index contributed by atoms with van der Waals surface area (Å²) in [5.41, 5.74) is 0. The minimum atomic E-state index is -0.0411. The normalized spacial score (nSPS) is 12.0. The third-order valence-corrected chi connectivity index (χ3v) is 2.36. The summed E-state index contributed by atoms with van der Waals surface area (Å²) in [6.45, 7) is 5.50. The van der Waals surface area contributed by atoms with Crippen LogP contribution in [-0.2, 0) is 9.47 Å². The third-order valence-electron chi connectivity index (χ3n) is 2.36. The first-order valence-electron chi connectivity index (χ1n) is 4.87. The highest BCUT2D eigenvalue weighted by atomic mass is 16.7. The molecule has 0 atom stereocenters. The molecule has 0 bridgehead atoms. The van der Waals surface area contributed by atoms with Crippen molar-refractivity contribution in [2.45, 2.75) is 39.0 Å². The zero-order valence-electron chi connectivity index (χ0n) is 9.54. The quantitative estimate of drug-likeness (QED) is 0.569. The van der Waals surface area contributed by atoms with Gasteiger partial charge in [0.05, 0.1) is 0 Å². The first-order valence-corrected chi connectivity index (χ1v) is 4.87. The van der Waals surface area contributed by atoms with Gasteiger partial charge >= 0.3 is 0 Å². The van der Waals surface area contributed by atoms with E-state index in [0.29, 0.717) is 6.04 Å². The molecule has 0 amide bonds. The van der Waals surface area contributed by atoms with Crippen LogP contribution in [0.25, 0.3) is 0 Å². The number of nitrogens with zero attached hydrogens (tertiary/aromatic N) is 1. The summed E-state index contributed by atoms with van der Waals surface area (Å²) in [7, 11) is 5.50. The van der Waals surface area contributed by atoms with Gasteiger partial charge in [-0.1, -0.05) is 0 Å². The van der Waals surface area contributed by atoms with E-state index in [1.807, 2.05) is 0 Å². The number of hydrogen-bond acceptors (Lipinski definition) is 3. The van der Waals surface area contributed by atoms with E-state index < -0.39 is 0 Å². The molecule has 0 aliphatic carbocycles. The van der Waals surface area contributed by atoms with E-state index >= 15 is 0 Å². The first-order chi connectivity index (χ1) is 6.11. The molecule has 0 aliphatic heterocycles. The maximum atomic E-state index is 5.10. The summed E-state index contributed by atoms with van der Waals surface area (Å²) < 4.78 is 10.2. The molecule has 3 heteroatoms. The van der Waals surface area contributed by atoms with Crippen molar-refractivity contribution in [3.8, 4) is 0 Å². The molecule has 13 heavy (non-hydrogen) atoms. The highest BCUT2D eigenvalue weighted by Crippen LogP contribution is 2.04. The molecule has 80 valence electrons. The van der Waals surface area contributed by atoms with Crippen molar-refractivity contribution in [1.82, 2.24) is 4.90 Å². The highest BCUT2D eigenvalue weighted by Gasteiger charge is 2.06. The smallest absolute Gasteiger partial charge is 0.156 e. The predicted molar refractivity (Wildman–Crippen MR) is 54.8 cm³/mol. The second-order valence-electron chi connectivity index (χ2n) is 3.62. The Hall–Kier alpha value is -0.120. The number of methoxy groups -OCH3 is 2. The molecular weight excluding hydrogens is 166 g/mol. The Labute approximate surface area is 82.0 Å². The Morgan fingerprint density at radius 1 is 1.15 bits per heavy atom. The van der Waals surface area contributed by atoms with E-state index in [9.17, 15) is 0 Å². The average molecular weight is 189 g/mol. The van der Waals surface area contributed by atoms with Crippen LogP contribution < -0.4 is 0 Å². The van der Waals surface area contributed by atoms with Crippen LogP contribution in [0.3, 0.4) is 0 Å². The van der Waals surface area contributed by atoms with Crippen molar-refractivity contribution in [3.05, 3.63) is 0 Å². The van der Waals surface area contributed by atoms with E-state index in [0.717, 1.165) is 19.4 Å². The minimum Gasteiger partial charge on any atom is -0.356 e. The van der Waals surface area contributed by atoms with Crippen LogP contribution in [0.2, 0.25) is 0 Å². The molecule has 0 unspecified atom stereocenters. The molecule has 0 aromatic rings. The summed E-state index contributed by atoms with van der Waals surface area (Å²) in [6.07, 6.45) is 2.03. The van der Waals surface area contributed by atoms with Gasteiger partial charge in [0.2, 0.25) is 0 Å². The second-order valence-corrected chi connectivity index (χ2v) is 3.62. The Kier molecular flexibility index (Phi) is 7.23. The van der Waals surface area contributed by atoms with Gasteiger partial charge in [0.25, 0.3) is 0 Å². The zero-order valence-corrected chi connectivity index (χ0v) is 9.54. The summed E-state index contributed by atoms with van der Waals surface area (Å²) >= 11 is 0. The summed E-state index contributed by atoms with van der Waals surface area (Å²) in [5, 5.41) is 0. The van der Waals surface area contributed by atoms with E-state index in [-0.39, 0.29) is 6.29 Å². The number of hydrogen-bond donors (Lipinski definition) is 0. The van der Waals surface area contributed by atoms with E-state index in [4.69, 9.17) is 9.47 Å². The topological polar surface area (TPSA) is 21.7 Å². The van der Waals surface area contributed by atoms with Crippen molar-refractivity contribution >= 4 is 0 Å². The lowest BCUT2D eigenvalue weighted by Crippen LogP contribution is -2.28. The minimum absolute atomic E-state index is 0.0411. The molecule has 0 saturated heterocycles. The maximum absolute atomic E-state index is 5.10. The van der Waals surface area contributed by atoms with Gasteiger partial charge in [-0.15, -0.1) is 0 Å². The van der Waals surface area contributed by atoms with Crippen molar-refractivity contribution < 1.29 is 9.47 Å². The van der Waals surface area contributed by atoms with Crippen LogP contribution in [0, 0.1) is 0 Å². The lowest BCUT2D eigenvalue weighted by atomic mass is 10.2. The Balaban J connectivity index is 3.43. The molecule has 0 aromatic carbocycles. The molecule has 0 fully saturated rings. The fourth-order valence-corrected chi connectivity index (χ4v) is 1.10. The van der Waals surface area contributed by atoms with Gasteiger partial charge in [0, 0.05) is 20.3 Å². The average Bonchev–Trinajstić information content (AvgIpc) is 2.12. The molecule has 0 rings (SSSR count). The Morgan fingerprint density at radius 3 is 2.08 bits per heavy atom.